The highest BCUT2D eigenvalue weighted by Crippen LogP contribution is 2.10. The van der Waals surface area contributed by atoms with Crippen molar-refractivity contribution in [3.8, 4) is 0 Å². The standard InChI is InChI=1S/C7H10N2O2/c1-2-8-9(3-1)7-6-10-4-5-11-7/h1-3,7H,4-6H2. The summed E-state index contributed by atoms with van der Waals surface area (Å²) < 4.78 is 12.4. The molecule has 1 fully saturated rings. The Morgan fingerprint density at radius 1 is 1.45 bits per heavy atom. The largest absolute Gasteiger partial charge is 0.374 e. The molecule has 1 aliphatic rings. The third-order valence-corrected chi connectivity index (χ3v) is 1.62. The number of hydrogen-bond donors (Lipinski definition) is 0. The summed E-state index contributed by atoms with van der Waals surface area (Å²) >= 11 is 0. The minimum Gasteiger partial charge on any atom is -0.374 e. The summed E-state index contributed by atoms with van der Waals surface area (Å²) in [4.78, 5) is 0. The van der Waals surface area contributed by atoms with E-state index in [0.717, 1.165) is 0 Å². The van der Waals surface area contributed by atoms with E-state index in [0.29, 0.717) is 19.8 Å². The first kappa shape index (κ1) is 6.82. The topological polar surface area (TPSA) is 36.3 Å². The van der Waals surface area contributed by atoms with Gasteiger partial charge in [-0.3, -0.25) is 0 Å². The molecular weight excluding hydrogens is 144 g/mol. The molecular formula is C7H10N2O2. The summed E-state index contributed by atoms with van der Waals surface area (Å²) in [5, 5.41) is 4.05. The fraction of sp³-hybridized carbons (Fsp3) is 0.571. The van der Waals surface area contributed by atoms with Crippen LogP contribution in [0.4, 0.5) is 0 Å². The third kappa shape index (κ3) is 1.41. The molecule has 0 amide bonds. The quantitative estimate of drug-likeness (QED) is 0.588. The van der Waals surface area contributed by atoms with Crippen LogP contribution in [0.15, 0.2) is 18.5 Å². The normalized spacial score (nSPS) is 25.3. The van der Waals surface area contributed by atoms with Crippen LogP contribution in [0, 0.1) is 0 Å². The molecule has 2 heterocycles. The SMILES string of the molecule is c1cnn(C2COCCO2)c1. The van der Waals surface area contributed by atoms with Crippen LogP contribution in [0.1, 0.15) is 6.23 Å². The van der Waals surface area contributed by atoms with Gasteiger partial charge in [-0.05, 0) is 6.07 Å². The van der Waals surface area contributed by atoms with E-state index >= 15 is 0 Å². The molecule has 1 aliphatic heterocycles. The van der Waals surface area contributed by atoms with Crippen LogP contribution in [0.25, 0.3) is 0 Å². The average Bonchev–Trinajstić information content (AvgIpc) is 2.58. The van der Waals surface area contributed by atoms with Gasteiger partial charge in [0.1, 0.15) is 0 Å². The van der Waals surface area contributed by atoms with Crippen molar-refractivity contribution in [2.45, 2.75) is 6.23 Å². The van der Waals surface area contributed by atoms with Crippen molar-refractivity contribution in [3.63, 3.8) is 0 Å². The molecule has 60 valence electrons. The van der Waals surface area contributed by atoms with Crippen molar-refractivity contribution in [2.24, 2.45) is 0 Å². The highest BCUT2D eigenvalue weighted by molar-refractivity contribution is 4.79. The van der Waals surface area contributed by atoms with Gasteiger partial charge >= 0.3 is 0 Å². The van der Waals surface area contributed by atoms with Crippen LogP contribution >= 0.6 is 0 Å². The molecule has 1 aromatic heterocycles. The molecule has 0 aliphatic carbocycles. The molecule has 1 unspecified atom stereocenters. The summed E-state index contributed by atoms with van der Waals surface area (Å²) in [6.45, 7) is 1.95. The van der Waals surface area contributed by atoms with Gasteiger partial charge in [-0.2, -0.15) is 5.10 Å². The average molecular weight is 154 g/mol. The first-order valence-electron chi connectivity index (χ1n) is 3.65. The predicted octanol–water partition coefficient (Wildman–Crippen LogP) is 0.428. The highest BCUT2D eigenvalue weighted by atomic mass is 16.6. The summed E-state index contributed by atoms with van der Waals surface area (Å²) in [6, 6.07) is 1.87. The lowest BCUT2D eigenvalue weighted by atomic mass is 10.5. The van der Waals surface area contributed by atoms with Gasteiger partial charge in [-0.1, -0.05) is 0 Å². The molecule has 1 atom stereocenters. The van der Waals surface area contributed by atoms with Gasteiger partial charge in [-0.25, -0.2) is 4.68 Å². The van der Waals surface area contributed by atoms with Crippen molar-refractivity contribution in [3.05, 3.63) is 18.5 Å². The van der Waals surface area contributed by atoms with Gasteiger partial charge in [0.2, 0.25) is 0 Å². The van der Waals surface area contributed by atoms with Crippen LogP contribution in [-0.4, -0.2) is 29.6 Å². The van der Waals surface area contributed by atoms with Crippen molar-refractivity contribution in [2.75, 3.05) is 19.8 Å². The molecule has 4 nitrogen and oxygen atoms in total. The first-order valence-corrected chi connectivity index (χ1v) is 3.65. The summed E-state index contributed by atoms with van der Waals surface area (Å²) in [6.07, 6.45) is 3.58. The molecule has 2 rings (SSSR count). The monoisotopic (exact) mass is 154 g/mol. The van der Waals surface area contributed by atoms with Crippen molar-refractivity contribution >= 4 is 0 Å². The molecule has 4 heteroatoms. The Kier molecular flexibility index (Phi) is 1.87. The van der Waals surface area contributed by atoms with E-state index in [4.69, 9.17) is 9.47 Å². The summed E-state index contributed by atoms with van der Waals surface area (Å²) in [5.74, 6) is 0. The van der Waals surface area contributed by atoms with Gasteiger partial charge < -0.3 is 9.47 Å². The van der Waals surface area contributed by atoms with E-state index in [1.165, 1.54) is 0 Å². The fourth-order valence-corrected chi connectivity index (χ4v) is 1.08. The number of ether oxygens (including phenoxy) is 2. The van der Waals surface area contributed by atoms with Crippen LogP contribution in [0.2, 0.25) is 0 Å². The van der Waals surface area contributed by atoms with Gasteiger partial charge in [0.15, 0.2) is 6.23 Å². The van der Waals surface area contributed by atoms with E-state index in [2.05, 4.69) is 5.10 Å². The zero-order chi connectivity index (χ0) is 7.52. The zero-order valence-corrected chi connectivity index (χ0v) is 6.14. The van der Waals surface area contributed by atoms with E-state index in [1.807, 2.05) is 12.3 Å². The van der Waals surface area contributed by atoms with Gasteiger partial charge in [0, 0.05) is 12.4 Å². The van der Waals surface area contributed by atoms with E-state index < -0.39 is 0 Å². The lowest BCUT2D eigenvalue weighted by molar-refractivity contribution is -0.127. The number of rotatable bonds is 1. The molecule has 0 saturated carbocycles. The maximum absolute atomic E-state index is 5.40. The first-order chi connectivity index (χ1) is 5.47. The summed E-state index contributed by atoms with van der Waals surface area (Å²) in [7, 11) is 0. The van der Waals surface area contributed by atoms with Crippen LogP contribution in [0.3, 0.4) is 0 Å². The Bertz CT molecular complexity index is 204. The smallest absolute Gasteiger partial charge is 0.173 e. The molecule has 0 spiro atoms. The minimum atomic E-state index is -0.0289. The van der Waals surface area contributed by atoms with Crippen molar-refractivity contribution in [1.29, 1.82) is 0 Å². The molecule has 11 heavy (non-hydrogen) atoms. The molecule has 0 radical (unpaired) electrons. The molecule has 1 saturated heterocycles. The van der Waals surface area contributed by atoms with Crippen molar-refractivity contribution < 1.29 is 9.47 Å². The Hall–Kier alpha value is -0.870. The molecule has 0 aromatic carbocycles. The second-order valence-corrected chi connectivity index (χ2v) is 2.39. The van der Waals surface area contributed by atoms with E-state index in [9.17, 15) is 0 Å². The maximum Gasteiger partial charge on any atom is 0.173 e. The third-order valence-electron chi connectivity index (χ3n) is 1.62. The predicted molar refractivity (Wildman–Crippen MR) is 38.0 cm³/mol. The van der Waals surface area contributed by atoms with Crippen LogP contribution in [-0.2, 0) is 9.47 Å². The van der Waals surface area contributed by atoms with E-state index in [-0.39, 0.29) is 6.23 Å². The Morgan fingerprint density at radius 2 is 2.45 bits per heavy atom. The second kappa shape index (κ2) is 3.02. The zero-order valence-electron chi connectivity index (χ0n) is 6.14. The Morgan fingerprint density at radius 3 is 3.09 bits per heavy atom. The second-order valence-electron chi connectivity index (χ2n) is 2.39. The fourth-order valence-electron chi connectivity index (χ4n) is 1.08. The molecule has 0 bridgehead atoms. The lowest BCUT2D eigenvalue weighted by Crippen LogP contribution is -2.26. The van der Waals surface area contributed by atoms with Crippen LogP contribution in [0.5, 0.6) is 0 Å². The van der Waals surface area contributed by atoms with Crippen LogP contribution < -0.4 is 0 Å². The number of hydrogen-bond acceptors (Lipinski definition) is 3. The lowest BCUT2D eigenvalue weighted by Gasteiger charge is -2.22. The van der Waals surface area contributed by atoms with Gasteiger partial charge in [0.05, 0.1) is 19.8 Å². The summed E-state index contributed by atoms with van der Waals surface area (Å²) in [5.41, 5.74) is 0. The van der Waals surface area contributed by atoms with E-state index in [1.54, 1.807) is 10.9 Å². The highest BCUT2D eigenvalue weighted by Gasteiger charge is 2.15. The Labute approximate surface area is 64.7 Å². The minimum absolute atomic E-state index is 0.0289. The Balaban J connectivity index is 2.04. The van der Waals surface area contributed by atoms with Crippen molar-refractivity contribution in [1.82, 2.24) is 9.78 Å². The number of aromatic nitrogens is 2. The van der Waals surface area contributed by atoms with Gasteiger partial charge in [0.25, 0.3) is 0 Å². The molecule has 0 N–H and O–H groups in total. The maximum atomic E-state index is 5.40. The molecule has 1 aromatic rings. The van der Waals surface area contributed by atoms with Gasteiger partial charge in [-0.15, -0.1) is 0 Å². The number of nitrogens with zero attached hydrogens (tertiary/aromatic N) is 2.